The first-order valence-corrected chi connectivity index (χ1v) is 11.1. The maximum atomic E-state index is 12.7. The summed E-state index contributed by atoms with van der Waals surface area (Å²) in [5.74, 6) is 1.60. The minimum Gasteiger partial charge on any atom is -0.497 e. The van der Waals surface area contributed by atoms with Crippen molar-refractivity contribution < 1.29 is 9.53 Å². The largest absolute Gasteiger partial charge is 0.497 e. The van der Waals surface area contributed by atoms with E-state index in [0.29, 0.717) is 12.5 Å². The van der Waals surface area contributed by atoms with E-state index in [1.165, 1.54) is 5.56 Å². The molecular formula is C25H32N4O2. The molecular weight excluding hydrogens is 388 g/mol. The Kier molecular flexibility index (Phi) is 6.87. The molecule has 1 amide bonds. The standard InChI is InChI=1S/C25H32N4O2/c1-27(25(30)19-29-18-22-5-3-4-6-24(22)26-29)17-21-12-15-28(16-13-21)14-11-20-7-9-23(31-2)10-8-20/h3-10,18,21H,11-17,19H2,1-2H3. The maximum absolute atomic E-state index is 12.7. The number of carbonyl (C=O) groups excluding carboxylic acids is 1. The number of methoxy groups -OCH3 is 1. The van der Waals surface area contributed by atoms with Gasteiger partial charge in [0.15, 0.2) is 0 Å². The third kappa shape index (κ3) is 5.64. The third-order valence-electron chi connectivity index (χ3n) is 6.30. The van der Waals surface area contributed by atoms with Gasteiger partial charge in [0.1, 0.15) is 12.3 Å². The molecule has 0 N–H and O–H groups in total. The lowest BCUT2D eigenvalue weighted by atomic mass is 9.96. The molecule has 4 rings (SSSR count). The molecule has 0 bridgehead atoms. The number of rotatable bonds is 8. The van der Waals surface area contributed by atoms with E-state index in [9.17, 15) is 4.79 Å². The quantitative estimate of drug-likeness (QED) is 0.560. The summed E-state index contributed by atoms with van der Waals surface area (Å²) in [6.45, 7) is 4.42. The summed E-state index contributed by atoms with van der Waals surface area (Å²) in [5.41, 5.74) is 2.28. The lowest BCUT2D eigenvalue weighted by Gasteiger charge is -2.34. The highest BCUT2D eigenvalue weighted by molar-refractivity contribution is 5.79. The van der Waals surface area contributed by atoms with Crippen LogP contribution in [0.25, 0.3) is 10.9 Å². The van der Waals surface area contributed by atoms with Gasteiger partial charge < -0.3 is 14.5 Å². The molecule has 0 radical (unpaired) electrons. The number of piperidine rings is 1. The predicted molar refractivity (Wildman–Crippen MR) is 123 cm³/mol. The van der Waals surface area contributed by atoms with Crippen molar-refractivity contribution in [1.82, 2.24) is 19.6 Å². The minimum atomic E-state index is 0.120. The zero-order valence-corrected chi connectivity index (χ0v) is 18.5. The Hall–Kier alpha value is -2.86. The van der Waals surface area contributed by atoms with Crippen molar-refractivity contribution in [2.24, 2.45) is 5.92 Å². The molecule has 0 unspecified atom stereocenters. The van der Waals surface area contributed by atoms with Gasteiger partial charge in [-0.1, -0.05) is 30.3 Å². The van der Waals surface area contributed by atoms with Crippen LogP contribution in [0.15, 0.2) is 54.7 Å². The molecule has 6 nitrogen and oxygen atoms in total. The van der Waals surface area contributed by atoms with Gasteiger partial charge in [-0.3, -0.25) is 9.48 Å². The molecule has 1 fully saturated rings. The van der Waals surface area contributed by atoms with Gasteiger partial charge in [0.2, 0.25) is 5.91 Å². The number of fused-ring (bicyclic) bond motifs is 1. The van der Waals surface area contributed by atoms with Crippen LogP contribution < -0.4 is 4.74 Å². The van der Waals surface area contributed by atoms with Crippen LogP contribution in [0.5, 0.6) is 5.75 Å². The first-order chi connectivity index (χ1) is 15.1. The van der Waals surface area contributed by atoms with Crippen molar-refractivity contribution in [2.75, 3.05) is 40.3 Å². The van der Waals surface area contributed by atoms with Gasteiger partial charge in [-0.15, -0.1) is 0 Å². The molecule has 2 heterocycles. The molecule has 0 saturated carbocycles. The van der Waals surface area contributed by atoms with E-state index in [0.717, 1.165) is 62.1 Å². The highest BCUT2D eigenvalue weighted by Gasteiger charge is 2.22. The van der Waals surface area contributed by atoms with Gasteiger partial charge in [0.25, 0.3) is 0 Å². The molecule has 31 heavy (non-hydrogen) atoms. The minimum absolute atomic E-state index is 0.120. The fraction of sp³-hybridized carbons (Fsp3) is 0.440. The number of carbonyl (C=O) groups is 1. The zero-order chi connectivity index (χ0) is 21.6. The van der Waals surface area contributed by atoms with Crippen molar-refractivity contribution in [1.29, 1.82) is 0 Å². The number of likely N-dealkylation sites (tertiary alicyclic amines) is 1. The van der Waals surface area contributed by atoms with E-state index in [4.69, 9.17) is 4.74 Å². The Morgan fingerprint density at radius 2 is 1.87 bits per heavy atom. The smallest absolute Gasteiger partial charge is 0.244 e. The number of benzene rings is 2. The Morgan fingerprint density at radius 1 is 1.13 bits per heavy atom. The summed E-state index contributed by atoms with van der Waals surface area (Å²) in [6, 6.07) is 16.3. The Balaban J connectivity index is 1.19. The van der Waals surface area contributed by atoms with Crippen LogP contribution in [-0.2, 0) is 17.8 Å². The monoisotopic (exact) mass is 420 g/mol. The molecule has 2 aromatic carbocycles. The predicted octanol–water partition coefficient (Wildman–Crippen LogP) is 3.46. The van der Waals surface area contributed by atoms with Crippen molar-refractivity contribution in [2.45, 2.75) is 25.8 Å². The van der Waals surface area contributed by atoms with E-state index in [-0.39, 0.29) is 5.91 Å². The lowest BCUT2D eigenvalue weighted by molar-refractivity contribution is -0.131. The number of hydrogen-bond donors (Lipinski definition) is 0. The number of nitrogens with zero attached hydrogens (tertiary/aromatic N) is 4. The summed E-state index contributed by atoms with van der Waals surface area (Å²) < 4.78 is 6.98. The normalized spacial score (nSPS) is 15.3. The van der Waals surface area contributed by atoms with Crippen molar-refractivity contribution in [3.05, 3.63) is 60.3 Å². The second-order valence-corrected chi connectivity index (χ2v) is 8.54. The summed E-state index contributed by atoms with van der Waals surface area (Å²) in [4.78, 5) is 17.1. The summed E-state index contributed by atoms with van der Waals surface area (Å²) in [7, 11) is 3.62. The van der Waals surface area contributed by atoms with Crippen LogP contribution in [0.3, 0.4) is 0 Å². The molecule has 164 valence electrons. The van der Waals surface area contributed by atoms with Crippen molar-refractivity contribution in [3.8, 4) is 5.75 Å². The second-order valence-electron chi connectivity index (χ2n) is 8.54. The van der Waals surface area contributed by atoms with Crippen LogP contribution in [0, 0.1) is 5.92 Å². The van der Waals surface area contributed by atoms with Crippen LogP contribution >= 0.6 is 0 Å². The Labute approximate surface area is 184 Å². The number of aromatic nitrogens is 2. The first-order valence-electron chi connectivity index (χ1n) is 11.1. The van der Waals surface area contributed by atoms with E-state index in [1.54, 1.807) is 11.8 Å². The number of amides is 1. The molecule has 0 atom stereocenters. The molecule has 1 saturated heterocycles. The average molecular weight is 421 g/mol. The van der Waals surface area contributed by atoms with Crippen molar-refractivity contribution in [3.63, 3.8) is 0 Å². The topological polar surface area (TPSA) is 50.6 Å². The highest BCUT2D eigenvalue weighted by Crippen LogP contribution is 2.19. The second kappa shape index (κ2) is 9.96. The van der Waals surface area contributed by atoms with E-state index >= 15 is 0 Å². The van der Waals surface area contributed by atoms with Crippen LogP contribution in [-0.4, -0.2) is 65.8 Å². The maximum Gasteiger partial charge on any atom is 0.244 e. The van der Waals surface area contributed by atoms with Gasteiger partial charge in [0.05, 0.1) is 12.6 Å². The molecule has 0 spiro atoms. The van der Waals surface area contributed by atoms with Crippen molar-refractivity contribution >= 4 is 16.8 Å². The number of hydrogen-bond acceptors (Lipinski definition) is 4. The first kappa shape index (κ1) is 21.4. The fourth-order valence-corrected chi connectivity index (χ4v) is 4.32. The average Bonchev–Trinajstić information content (AvgIpc) is 3.21. The molecule has 1 aliphatic heterocycles. The molecule has 0 aliphatic carbocycles. The fourth-order valence-electron chi connectivity index (χ4n) is 4.32. The highest BCUT2D eigenvalue weighted by atomic mass is 16.5. The lowest BCUT2D eigenvalue weighted by Crippen LogP contribution is -2.40. The molecule has 6 heteroatoms. The van der Waals surface area contributed by atoms with Crippen LogP contribution in [0.4, 0.5) is 0 Å². The van der Waals surface area contributed by atoms with Crippen LogP contribution in [0.2, 0.25) is 0 Å². The number of likely N-dealkylation sites (N-methyl/N-ethyl adjacent to an activating group) is 1. The summed E-state index contributed by atoms with van der Waals surface area (Å²) >= 11 is 0. The van der Waals surface area contributed by atoms with E-state index in [2.05, 4.69) is 22.1 Å². The van der Waals surface area contributed by atoms with Gasteiger partial charge in [-0.2, -0.15) is 5.10 Å². The molecule has 1 aromatic heterocycles. The SMILES string of the molecule is COc1ccc(CCN2CCC(CN(C)C(=O)Cn3cc4ccccc4n3)CC2)cc1. The summed E-state index contributed by atoms with van der Waals surface area (Å²) in [5, 5.41) is 5.57. The number of ether oxygens (including phenoxy) is 1. The molecule has 3 aromatic rings. The van der Waals surface area contributed by atoms with Crippen LogP contribution in [0.1, 0.15) is 18.4 Å². The Bertz CT molecular complexity index is 957. The summed E-state index contributed by atoms with van der Waals surface area (Å²) in [6.07, 6.45) is 5.30. The molecule has 1 aliphatic rings. The van der Waals surface area contributed by atoms with Gasteiger partial charge in [-0.25, -0.2) is 0 Å². The van der Waals surface area contributed by atoms with E-state index < -0.39 is 0 Å². The zero-order valence-electron chi connectivity index (χ0n) is 18.5. The third-order valence-corrected chi connectivity index (χ3v) is 6.30. The Morgan fingerprint density at radius 3 is 2.58 bits per heavy atom. The van der Waals surface area contributed by atoms with Gasteiger partial charge in [-0.05, 0) is 62.0 Å². The van der Waals surface area contributed by atoms with Gasteiger partial charge >= 0.3 is 0 Å². The van der Waals surface area contributed by atoms with Gasteiger partial charge in [0, 0.05) is 31.7 Å². The van der Waals surface area contributed by atoms with E-state index in [1.807, 2.05) is 54.5 Å².